The number of guanidine groups is 1. The van der Waals surface area contributed by atoms with Crippen molar-refractivity contribution in [2.45, 2.75) is 45.6 Å². The van der Waals surface area contributed by atoms with Crippen LogP contribution in [0.5, 0.6) is 0 Å². The highest BCUT2D eigenvalue weighted by Gasteiger charge is 2.47. The molecular weight excluding hydrogens is 190 g/mol. The van der Waals surface area contributed by atoms with Gasteiger partial charge in [0.2, 0.25) is 0 Å². The van der Waals surface area contributed by atoms with Crippen molar-refractivity contribution in [3.63, 3.8) is 0 Å². The summed E-state index contributed by atoms with van der Waals surface area (Å²) in [5.74, 6) is 0.591. The minimum atomic E-state index is -0.602. The quantitative estimate of drug-likeness (QED) is 0.763. The number of aliphatic imine (C=N–C) groups is 1. The molecule has 0 saturated heterocycles. The number of likely N-dealkylation sites (N-methyl/N-ethyl adjacent to an activating group) is 1. The van der Waals surface area contributed by atoms with Gasteiger partial charge in [-0.1, -0.05) is 33.6 Å². The van der Waals surface area contributed by atoms with E-state index in [4.69, 9.17) is 5.73 Å². The second-order valence-electron chi connectivity index (χ2n) is 4.52. The lowest BCUT2D eigenvalue weighted by Gasteiger charge is -2.28. The van der Waals surface area contributed by atoms with E-state index in [9.17, 15) is 4.79 Å². The van der Waals surface area contributed by atoms with Crippen LogP contribution >= 0.6 is 0 Å². The van der Waals surface area contributed by atoms with Crippen molar-refractivity contribution in [1.82, 2.24) is 4.90 Å². The topological polar surface area (TPSA) is 58.7 Å². The van der Waals surface area contributed by atoms with Gasteiger partial charge in [0.1, 0.15) is 5.54 Å². The largest absolute Gasteiger partial charge is 0.369 e. The summed E-state index contributed by atoms with van der Waals surface area (Å²) in [5.41, 5.74) is 5.11. The maximum absolute atomic E-state index is 12.1. The van der Waals surface area contributed by atoms with E-state index in [0.717, 1.165) is 19.3 Å². The van der Waals surface area contributed by atoms with Gasteiger partial charge in [0.15, 0.2) is 5.96 Å². The van der Waals surface area contributed by atoms with Crippen LogP contribution < -0.4 is 5.73 Å². The van der Waals surface area contributed by atoms with Crippen molar-refractivity contribution >= 4 is 11.9 Å². The summed E-state index contributed by atoms with van der Waals surface area (Å²) in [6.45, 7) is 6.18. The molecule has 2 N–H and O–H groups in total. The number of carbonyl (C=O) groups excluding carboxylic acids is 1. The number of amides is 1. The molecule has 0 aromatic heterocycles. The minimum absolute atomic E-state index is 0.0449. The van der Waals surface area contributed by atoms with E-state index in [1.165, 1.54) is 4.90 Å². The number of unbranched alkanes of at least 4 members (excludes halogenated alkanes) is 1. The average Bonchev–Trinajstić information content (AvgIpc) is 2.41. The molecule has 4 heteroatoms. The summed E-state index contributed by atoms with van der Waals surface area (Å²) in [5, 5.41) is 0. The Hall–Kier alpha value is -1.06. The highest BCUT2D eigenvalue weighted by Crippen LogP contribution is 2.33. The summed E-state index contributed by atoms with van der Waals surface area (Å²) < 4.78 is 0. The Morgan fingerprint density at radius 2 is 2.13 bits per heavy atom. The molecule has 0 aromatic carbocycles. The molecule has 0 radical (unpaired) electrons. The SMILES string of the molecule is CCCCC1(C(C)C)N=C(N)N(C)C1=O. The zero-order valence-electron chi connectivity index (χ0n) is 10.1. The second kappa shape index (κ2) is 4.21. The summed E-state index contributed by atoms with van der Waals surface area (Å²) in [7, 11) is 1.69. The molecule has 1 aliphatic heterocycles. The normalized spacial score (nSPS) is 26.3. The van der Waals surface area contributed by atoms with Gasteiger partial charge in [-0.05, 0) is 12.3 Å². The van der Waals surface area contributed by atoms with E-state index < -0.39 is 5.54 Å². The van der Waals surface area contributed by atoms with E-state index >= 15 is 0 Å². The number of nitrogens with zero attached hydrogens (tertiary/aromatic N) is 2. The van der Waals surface area contributed by atoms with Gasteiger partial charge < -0.3 is 5.73 Å². The smallest absolute Gasteiger partial charge is 0.257 e. The van der Waals surface area contributed by atoms with E-state index in [-0.39, 0.29) is 11.8 Å². The Bertz CT molecular complexity index is 286. The molecule has 0 aromatic rings. The molecule has 1 amide bonds. The lowest BCUT2D eigenvalue weighted by Crippen LogP contribution is -2.45. The zero-order chi connectivity index (χ0) is 11.6. The highest BCUT2D eigenvalue weighted by atomic mass is 16.2. The van der Waals surface area contributed by atoms with Crippen LogP contribution in [0.2, 0.25) is 0 Å². The van der Waals surface area contributed by atoms with Crippen LogP contribution in [0.4, 0.5) is 0 Å². The first-order valence-electron chi connectivity index (χ1n) is 5.59. The van der Waals surface area contributed by atoms with Crippen LogP contribution in [0.1, 0.15) is 40.0 Å². The van der Waals surface area contributed by atoms with Crippen molar-refractivity contribution in [3.05, 3.63) is 0 Å². The molecule has 1 unspecified atom stereocenters. The Morgan fingerprint density at radius 3 is 2.47 bits per heavy atom. The van der Waals surface area contributed by atoms with Gasteiger partial charge in [-0.25, -0.2) is 4.99 Å². The van der Waals surface area contributed by atoms with Crippen LogP contribution in [-0.2, 0) is 4.79 Å². The fourth-order valence-electron chi connectivity index (χ4n) is 2.00. The molecular formula is C11H21N3O. The first-order chi connectivity index (χ1) is 6.95. The fourth-order valence-corrected chi connectivity index (χ4v) is 2.00. The van der Waals surface area contributed by atoms with Crippen molar-refractivity contribution < 1.29 is 4.79 Å². The van der Waals surface area contributed by atoms with Crippen molar-refractivity contribution in [2.24, 2.45) is 16.6 Å². The minimum Gasteiger partial charge on any atom is -0.369 e. The maximum Gasteiger partial charge on any atom is 0.257 e. The molecule has 1 rings (SSSR count). The van der Waals surface area contributed by atoms with E-state index in [2.05, 4.69) is 11.9 Å². The van der Waals surface area contributed by atoms with E-state index in [1.807, 2.05) is 13.8 Å². The third-order valence-electron chi connectivity index (χ3n) is 3.20. The van der Waals surface area contributed by atoms with Crippen LogP contribution in [0.3, 0.4) is 0 Å². The first kappa shape index (κ1) is 12.0. The Kier molecular flexibility index (Phi) is 3.37. The van der Waals surface area contributed by atoms with Crippen LogP contribution in [0, 0.1) is 5.92 Å². The molecule has 0 fully saturated rings. The molecule has 1 atom stereocenters. The van der Waals surface area contributed by atoms with Gasteiger partial charge in [-0.2, -0.15) is 0 Å². The highest BCUT2D eigenvalue weighted by molar-refractivity contribution is 6.06. The molecule has 0 saturated carbocycles. The molecule has 86 valence electrons. The molecule has 4 nitrogen and oxygen atoms in total. The molecule has 0 bridgehead atoms. The van der Waals surface area contributed by atoms with E-state index in [0.29, 0.717) is 5.96 Å². The van der Waals surface area contributed by atoms with Gasteiger partial charge in [0.05, 0.1) is 0 Å². The van der Waals surface area contributed by atoms with Gasteiger partial charge in [-0.3, -0.25) is 9.69 Å². The monoisotopic (exact) mass is 211 g/mol. The van der Waals surface area contributed by atoms with Gasteiger partial charge in [0.25, 0.3) is 5.91 Å². The number of hydrogen-bond donors (Lipinski definition) is 1. The second-order valence-corrected chi connectivity index (χ2v) is 4.52. The van der Waals surface area contributed by atoms with Crippen molar-refractivity contribution in [1.29, 1.82) is 0 Å². The number of rotatable bonds is 4. The number of carbonyl (C=O) groups is 1. The lowest BCUT2D eigenvalue weighted by molar-refractivity contribution is -0.132. The standard InChI is InChI=1S/C11H21N3O/c1-5-6-7-11(8(2)3)9(15)14(4)10(12)13-11/h8H,5-7H2,1-4H3,(H2,12,13). The Labute approximate surface area is 91.5 Å². The molecule has 1 heterocycles. The van der Waals surface area contributed by atoms with Crippen molar-refractivity contribution in [2.75, 3.05) is 7.05 Å². The summed E-state index contributed by atoms with van der Waals surface area (Å²) in [6, 6.07) is 0. The number of nitrogens with two attached hydrogens (primary N) is 1. The third-order valence-corrected chi connectivity index (χ3v) is 3.20. The zero-order valence-corrected chi connectivity index (χ0v) is 10.1. The summed E-state index contributed by atoms with van der Waals surface area (Å²) in [6.07, 6.45) is 2.88. The molecule has 0 spiro atoms. The number of hydrogen-bond acceptors (Lipinski definition) is 3. The van der Waals surface area contributed by atoms with Gasteiger partial charge in [0, 0.05) is 7.05 Å². The Balaban J connectivity index is 2.97. The average molecular weight is 211 g/mol. The predicted molar refractivity (Wildman–Crippen MR) is 61.5 cm³/mol. The van der Waals surface area contributed by atoms with Crippen LogP contribution in [-0.4, -0.2) is 29.4 Å². The van der Waals surface area contributed by atoms with Gasteiger partial charge >= 0.3 is 0 Å². The molecule has 1 aliphatic rings. The third kappa shape index (κ3) is 1.85. The maximum atomic E-state index is 12.1. The summed E-state index contributed by atoms with van der Waals surface area (Å²) in [4.78, 5) is 18.0. The Morgan fingerprint density at radius 1 is 1.53 bits per heavy atom. The first-order valence-corrected chi connectivity index (χ1v) is 5.59. The van der Waals surface area contributed by atoms with Crippen LogP contribution in [0.25, 0.3) is 0 Å². The predicted octanol–water partition coefficient (Wildman–Crippen LogP) is 1.36. The fraction of sp³-hybridized carbons (Fsp3) is 0.818. The van der Waals surface area contributed by atoms with Crippen molar-refractivity contribution in [3.8, 4) is 0 Å². The molecule has 0 aliphatic carbocycles. The lowest BCUT2D eigenvalue weighted by atomic mass is 9.82. The van der Waals surface area contributed by atoms with Crippen LogP contribution in [0.15, 0.2) is 4.99 Å². The molecule has 15 heavy (non-hydrogen) atoms. The van der Waals surface area contributed by atoms with E-state index in [1.54, 1.807) is 7.05 Å². The summed E-state index contributed by atoms with van der Waals surface area (Å²) >= 11 is 0. The van der Waals surface area contributed by atoms with Gasteiger partial charge in [-0.15, -0.1) is 0 Å².